The van der Waals surface area contributed by atoms with Crippen molar-refractivity contribution in [1.29, 1.82) is 0 Å². The molecular formula is C13H10Cl3NS. The summed E-state index contributed by atoms with van der Waals surface area (Å²) in [5, 5.41) is 1.79. The van der Waals surface area contributed by atoms with Gasteiger partial charge in [0.15, 0.2) is 0 Å². The molecule has 18 heavy (non-hydrogen) atoms. The third kappa shape index (κ3) is 3.07. The minimum Gasteiger partial charge on any atom is -0.398 e. The Labute approximate surface area is 125 Å². The molecular weight excluding hydrogens is 309 g/mol. The van der Waals surface area contributed by atoms with Crippen LogP contribution in [0, 0.1) is 0 Å². The molecule has 2 aromatic carbocycles. The van der Waals surface area contributed by atoms with Gasteiger partial charge in [-0.15, -0.1) is 11.8 Å². The predicted octanol–water partition coefficient (Wildman–Crippen LogP) is 5.52. The Morgan fingerprint density at radius 1 is 0.944 bits per heavy atom. The highest BCUT2D eigenvalue weighted by Gasteiger charge is 2.08. The molecule has 0 aliphatic heterocycles. The van der Waals surface area contributed by atoms with Gasteiger partial charge in [0.2, 0.25) is 0 Å². The van der Waals surface area contributed by atoms with Gasteiger partial charge in [-0.3, -0.25) is 0 Å². The molecule has 2 aromatic rings. The maximum atomic E-state index is 6.13. The van der Waals surface area contributed by atoms with Crippen LogP contribution in [0.25, 0.3) is 0 Å². The van der Waals surface area contributed by atoms with Gasteiger partial charge in [-0.1, -0.05) is 53.0 Å². The van der Waals surface area contributed by atoms with Gasteiger partial charge in [-0.2, -0.15) is 0 Å². The van der Waals surface area contributed by atoms with E-state index in [1.807, 2.05) is 30.3 Å². The van der Waals surface area contributed by atoms with E-state index >= 15 is 0 Å². The van der Waals surface area contributed by atoms with Gasteiger partial charge in [-0.25, -0.2) is 0 Å². The van der Waals surface area contributed by atoms with Gasteiger partial charge >= 0.3 is 0 Å². The number of hydrogen-bond acceptors (Lipinski definition) is 2. The van der Waals surface area contributed by atoms with Crippen molar-refractivity contribution in [3.63, 3.8) is 0 Å². The molecule has 0 saturated carbocycles. The number of rotatable bonds is 3. The summed E-state index contributed by atoms with van der Waals surface area (Å²) in [6, 6.07) is 11.1. The second kappa shape index (κ2) is 6.07. The minimum absolute atomic E-state index is 0.557. The van der Waals surface area contributed by atoms with Crippen molar-refractivity contribution >= 4 is 52.3 Å². The third-order valence-electron chi connectivity index (χ3n) is 2.40. The maximum Gasteiger partial charge on any atom is 0.0632 e. The molecule has 0 spiro atoms. The summed E-state index contributed by atoms with van der Waals surface area (Å²) >= 11 is 19.8. The Morgan fingerprint density at radius 3 is 2.33 bits per heavy atom. The first-order valence-electron chi connectivity index (χ1n) is 5.19. The molecule has 0 atom stereocenters. The van der Waals surface area contributed by atoms with E-state index in [1.165, 1.54) is 0 Å². The molecule has 0 aromatic heterocycles. The highest BCUT2D eigenvalue weighted by Crippen LogP contribution is 2.36. The highest BCUT2D eigenvalue weighted by molar-refractivity contribution is 7.98. The lowest BCUT2D eigenvalue weighted by atomic mass is 10.2. The molecule has 2 N–H and O–H groups in total. The van der Waals surface area contributed by atoms with Crippen molar-refractivity contribution in [3.05, 3.63) is 57.0 Å². The molecule has 0 aliphatic carbocycles. The van der Waals surface area contributed by atoms with Crippen LogP contribution in [0.1, 0.15) is 5.56 Å². The Balaban J connectivity index is 2.19. The molecule has 94 valence electrons. The zero-order chi connectivity index (χ0) is 13.1. The molecule has 0 bridgehead atoms. The van der Waals surface area contributed by atoms with Crippen LogP contribution in [0.5, 0.6) is 0 Å². The van der Waals surface area contributed by atoms with Crippen molar-refractivity contribution in [3.8, 4) is 0 Å². The number of halogens is 3. The van der Waals surface area contributed by atoms with Gasteiger partial charge < -0.3 is 5.73 Å². The molecule has 0 fully saturated rings. The van der Waals surface area contributed by atoms with Gasteiger partial charge in [0.1, 0.15) is 0 Å². The first-order valence-corrected chi connectivity index (χ1v) is 7.31. The van der Waals surface area contributed by atoms with Crippen molar-refractivity contribution < 1.29 is 0 Å². The van der Waals surface area contributed by atoms with Crippen LogP contribution in [-0.2, 0) is 5.75 Å². The molecule has 0 amide bonds. The van der Waals surface area contributed by atoms with E-state index < -0.39 is 0 Å². The summed E-state index contributed by atoms with van der Waals surface area (Å²) in [5.41, 5.74) is 7.53. The zero-order valence-corrected chi connectivity index (χ0v) is 12.4. The van der Waals surface area contributed by atoms with Crippen LogP contribution < -0.4 is 5.73 Å². The fourth-order valence-corrected chi connectivity index (χ4v) is 3.28. The van der Waals surface area contributed by atoms with Crippen LogP contribution in [0.3, 0.4) is 0 Å². The summed E-state index contributed by atoms with van der Waals surface area (Å²) in [5.74, 6) is 0.674. The Morgan fingerprint density at radius 2 is 1.61 bits per heavy atom. The average molecular weight is 319 g/mol. The van der Waals surface area contributed by atoms with Gasteiger partial charge in [0.25, 0.3) is 0 Å². The molecule has 5 heteroatoms. The molecule has 0 heterocycles. The number of thioether (sulfide) groups is 1. The average Bonchev–Trinajstić information content (AvgIpc) is 2.33. The predicted molar refractivity (Wildman–Crippen MR) is 81.9 cm³/mol. The van der Waals surface area contributed by atoms with Crippen LogP contribution in [0.4, 0.5) is 5.69 Å². The van der Waals surface area contributed by atoms with E-state index in [2.05, 4.69) is 0 Å². The number of benzene rings is 2. The van der Waals surface area contributed by atoms with Crippen molar-refractivity contribution in [2.75, 3.05) is 5.73 Å². The topological polar surface area (TPSA) is 26.0 Å². The van der Waals surface area contributed by atoms with E-state index in [1.54, 1.807) is 17.8 Å². The lowest BCUT2D eigenvalue weighted by molar-refractivity contribution is 1.38. The van der Waals surface area contributed by atoms with Crippen molar-refractivity contribution in [2.24, 2.45) is 0 Å². The molecule has 0 radical (unpaired) electrons. The summed E-state index contributed by atoms with van der Waals surface area (Å²) in [7, 11) is 0. The smallest absolute Gasteiger partial charge is 0.0632 e. The maximum absolute atomic E-state index is 6.13. The molecule has 0 aliphatic rings. The summed E-state index contributed by atoms with van der Waals surface area (Å²) < 4.78 is 0. The molecule has 0 saturated heterocycles. The van der Waals surface area contributed by atoms with Crippen LogP contribution in [0.2, 0.25) is 15.1 Å². The summed E-state index contributed by atoms with van der Waals surface area (Å²) in [6.07, 6.45) is 0. The van der Waals surface area contributed by atoms with Crippen LogP contribution >= 0.6 is 46.6 Å². The Kier molecular flexibility index (Phi) is 4.68. The standard InChI is InChI=1S/C13H10Cl3NS/c14-9-4-1-3-8(12(9)16)7-18-13-10(15)5-2-6-11(13)17/h1-6H,7,17H2. The largest absolute Gasteiger partial charge is 0.398 e. The first kappa shape index (κ1) is 13.9. The van der Waals surface area contributed by atoms with Gasteiger partial charge in [-0.05, 0) is 23.8 Å². The van der Waals surface area contributed by atoms with Gasteiger partial charge in [0.05, 0.1) is 15.1 Å². The van der Waals surface area contributed by atoms with E-state index in [-0.39, 0.29) is 0 Å². The lowest BCUT2D eigenvalue weighted by Gasteiger charge is -2.09. The fourth-order valence-electron chi connectivity index (χ4n) is 1.49. The number of nitrogens with two attached hydrogens (primary N) is 1. The molecule has 1 nitrogen and oxygen atoms in total. The lowest BCUT2D eigenvalue weighted by Crippen LogP contribution is -1.90. The number of hydrogen-bond donors (Lipinski definition) is 1. The normalized spacial score (nSPS) is 10.6. The van der Waals surface area contributed by atoms with E-state index in [4.69, 9.17) is 40.5 Å². The number of nitrogen functional groups attached to an aromatic ring is 1. The van der Waals surface area contributed by atoms with Crippen LogP contribution in [0.15, 0.2) is 41.3 Å². The van der Waals surface area contributed by atoms with E-state index in [9.17, 15) is 0 Å². The zero-order valence-electron chi connectivity index (χ0n) is 9.29. The number of anilines is 1. The Bertz CT molecular complexity index is 552. The Hall–Kier alpha value is -0.540. The van der Waals surface area contributed by atoms with Crippen LogP contribution in [-0.4, -0.2) is 0 Å². The SMILES string of the molecule is Nc1cccc(Cl)c1SCc1cccc(Cl)c1Cl. The first-order chi connectivity index (χ1) is 8.59. The monoisotopic (exact) mass is 317 g/mol. The molecule has 0 unspecified atom stereocenters. The third-order valence-corrected chi connectivity index (χ3v) is 4.89. The van der Waals surface area contributed by atoms with Crippen molar-refractivity contribution in [2.45, 2.75) is 10.6 Å². The minimum atomic E-state index is 0.557. The summed E-state index contributed by atoms with van der Waals surface area (Å²) in [4.78, 5) is 0.871. The molecule has 2 rings (SSSR count). The highest BCUT2D eigenvalue weighted by atomic mass is 35.5. The van der Waals surface area contributed by atoms with Crippen molar-refractivity contribution in [1.82, 2.24) is 0 Å². The van der Waals surface area contributed by atoms with Gasteiger partial charge in [0, 0.05) is 16.3 Å². The summed E-state index contributed by atoms with van der Waals surface area (Å²) in [6.45, 7) is 0. The second-order valence-corrected chi connectivity index (χ2v) is 5.84. The quantitative estimate of drug-likeness (QED) is 0.595. The second-order valence-electron chi connectivity index (χ2n) is 3.66. The van der Waals surface area contributed by atoms with E-state index in [0.717, 1.165) is 10.5 Å². The fraction of sp³-hybridized carbons (Fsp3) is 0.0769. The van der Waals surface area contributed by atoms with E-state index in [0.29, 0.717) is 26.5 Å².